The average molecular weight is 211 g/mol. The van der Waals surface area contributed by atoms with Gasteiger partial charge in [-0.25, -0.2) is 0 Å². The molecular weight excluding hydrogens is 190 g/mol. The Labute approximate surface area is 91.5 Å². The van der Waals surface area contributed by atoms with E-state index in [2.05, 4.69) is 18.7 Å². The van der Waals surface area contributed by atoms with Gasteiger partial charge in [0.25, 0.3) is 0 Å². The van der Waals surface area contributed by atoms with Crippen LogP contribution in [0.15, 0.2) is 0 Å². The maximum Gasteiger partial charge on any atom is 0.307 e. The molecule has 0 amide bonds. The molecule has 15 heavy (non-hydrogen) atoms. The molecule has 1 heterocycles. The summed E-state index contributed by atoms with van der Waals surface area (Å²) in [6.07, 6.45) is 3.41. The Morgan fingerprint density at radius 2 is 2.07 bits per heavy atom. The minimum atomic E-state index is -0.614. The van der Waals surface area contributed by atoms with E-state index in [1.165, 1.54) is 12.8 Å². The summed E-state index contributed by atoms with van der Waals surface area (Å²) >= 11 is 0. The molecule has 1 atom stereocenters. The van der Waals surface area contributed by atoms with Gasteiger partial charge in [0.1, 0.15) is 0 Å². The van der Waals surface area contributed by atoms with E-state index in [1.54, 1.807) is 0 Å². The van der Waals surface area contributed by atoms with Gasteiger partial charge in [0.2, 0.25) is 0 Å². The lowest BCUT2D eigenvalue weighted by molar-refractivity contribution is -0.141. The molecule has 86 valence electrons. The molecule has 2 fully saturated rings. The zero-order valence-electron chi connectivity index (χ0n) is 9.65. The molecule has 0 aromatic heterocycles. The molecule has 0 bridgehead atoms. The molecule has 1 N–H and O–H groups in total. The fraction of sp³-hybridized carbons (Fsp3) is 0.917. The maximum atomic E-state index is 10.8. The van der Waals surface area contributed by atoms with Gasteiger partial charge in [0.15, 0.2) is 0 Å². The van der Waals surface area contributed by atoms with E-state index in [4.69, 9.17) is 5.11 Å². The highest BCUT2D eigenvalue weighted by atomic mass is 16.4. The Morgan fingerprint density at radius 3 is 2.53 bits per heavy atom. The van der Waals surface area contributed by atoms with Crippen molar-refractivity contribution in [3.63, 3.8) is 0 Å². The first-order chi connectivity index (χ1) is 7.08. The highest BCUT2D eigenvalue weighted by molar-refractivity contribution is 5.70. The van der Waals surface area contributed by atoms with Crippen LogP contribution in [0.4, 0.5) is 0 Å². The predicted octanol–water partition coefficient (Wildman–Crippen LogP) is 1.83. The number of rotatable bonds is 3. The highest BCUT2D eigenvalue weighted by Crippen LogP contribution is 2.38. The quantitative estimate of drug-likeness (QED) is 0.774. The summed E-state index contributed by atoms with van der Waals surface area (Å²) in [6, 6.07) is 0.682. The summed E-state index contributed by atoms with van der Waals surface area (Å²) in [5.74, 6) is 0.943. The highest BCUT2D eigenvalue weighted by Gasteiger charge is 2.39. The van der Waals surface area contributed by atoms with E-state index >= 15 is 0 Å². The SMILES string of the molecule is CC(C)C1CC(N2CCC(C(=O)O)C2)C1. The normalized spacial score (nSPS) is 36.9. The van der Waals surface area contributed by atoms with Gasteiger partial charge < -0.3 is 5.11 Å². The molecule has 3 nitrogen and oxygen atoms in total. The van der Waals surface area contributed by atoms with Crippen LogP contribution in [0.3, 0.4) is 0 Å². The standard InChI is InChI=1S/C12H21NO2/c1-8(2)10-5-11(6-10)13-4-3-9(7-13)12(14)15/h8-11H,3-7H2,1-2H3,(H,14,15). The van der Waals surface area contributed by atoms with Crippen LogP contribution in [0.2, 0.25) is 0 Å². The maximum absolute atomic E-state index is 10.8. The summed E-state index contributed by atoms with van der Waals surface area (Å²) in [5.41, 5.74) is 0. The number of carboxylic acid groups (broad SMARTS) is 1. The average Bonchev–Trinajstić information content (AvgIpc) is 2.49. The van der Waals surface area contributed by atoms with Crippen molar-refractivity contribution in [3.05, 3.63) is 0 Å². The number of carboxylic acids is 1. The molecule has 1 unspecified atom stereocenters. The zero-order chi connectivity index (χ0) is 11.0. The van der Waals surface area contributed by atoms with Crippen molar-refractivity contribution < 1.29 is 9.90 Å². The Kier molecular flexibility index (Phi) is 3.01. The van der Waals surface area contributed by atoms with Gasteiger partial charge in [0.05, 0.1) is 5.92 Å². The molecular formula is C12H21NO2. The molecule has 3 heteroatoms. The smallest absolute Gasteiger partial charge is 0.307 e. The van der Waals surface area contributed by atoms with Crippen molar-refractivity contribution in [1.29, 1.82) is 0 Å². The Hall–Kier alpha value is -0.570. The van der Waals surface area contributed by atoms with Crippen LogP contribution in [-0.4, -0.2) is 35.1 Å². The topological polar surface area (TPSA) is 40.5 Å². The minimum Gasteiger partial charge on any atom is -0.481 e. The van der Waals surface area contributed by atoms with Crippen molar-refractivity contribution in [3.8, 4) is 0 Å². The van der Waals surface area contributed by atoms with Crippen LogP contribution in [0.5, 0.6) is 0 Å². The van der Waals surface area contributed by atoms with Gasteiger partial charge in [-0.1, -0.05) is 13.8 Å². The Bertz CT molecular complexity index is 246. The van der Waals surface area contributed by atoms with Crippen LogP contribution in [-0.2, 0) is 4.79 Å². The number of hydrogen-bond donors (Lipinski definition) is 1. The second-order valence-corrected chi connectivity index (χ2v) is 5.45. The summed E-state index contributed by atoms with van der Waals surface area (Å²) in [6.45, 7) is 6.34. The van der Waals surface area contributed by atoms with Crippen LogP contribution >= 0.6 is 0 Å². The number of hydrogen-bond acceptors (Lipinski definition) is 2. The summed E-state index contributed by atoms with van der Waals surface area (Å²) in [5, 5.41) is 8.92. The number of carbonyl (C=O) groups is 1. The first kappa shape index (κ1) is 10.9. The molecule has 1 saturated carbocycles. The van der Waals surface area contributed by atoms with E-state index in [-0.39, 0.29) is 5.92 Å². The summed E-state index contributed by atoms with van der Waals surface area (Å²) in [4.78, 5) is 13.2. The second kappa shape index (κ2) is 4.12. The third-order valence-corrected chi connectivity index (χ3v) is 4.18. The minimum absolute atomic E-state index is 0.108. The molecule has 0 spiro atoms. The third kappa shape index (κ3) is 2.17. The van der Waals surface area contributed by atoms with Crippen molar-refractivity contribution in [2.24, 2.45) is 17.8 Å². The first-order valence-corrected chi connectivity index (χ1v) is 6.04. The number of aliphatic carboxylic acids is 1. The molecule has 1 aliphatic carbocycles. The van der Waals surface area contributed by atoms with E-state index in [9.17, 15) is 4.79 Å². The summed E-state index contributed by atoms with van der Waals surface area (Å²) in [7, 11) is 0. The number of nitrogens with zero attached hydrogens (tertiary/aromatic N) is 1. The molecule has 0 aromatic rings. The lowest BCUT2D eigenvalue weighted by Gasteiger charge is -2.43. The van der Waals surface area contributed by atoms with E-state index in [0.29, 0.717) is 6.04 Å². The van der Waals surface area contributed by atoms with Gasteiger partial charge in [-0.05, 0) is 37.6 Å². The lowest BCUT2D eigenvalue weighted by atomic mass is 9.73. The lowest BCUT2D eigenvalue weighted by Crippen LogP contribution is -2.45. The zero-order valence-corrected chi connectivity index (χ0v) is 9.65. The van der Waals surface area contributed by atoms with Crippen molar-refractivity contribution >= 4 is 5.97 Å². The van der Waals surface area contributed by atoms with Crippen LogP contribution < -0.4 is 0 Å². The van der Waals surface area contributed by atoms with Crippen LogP contribution in [0, 0.1) is 17.8 Å². The molecule has 2 aliphatic rings. The first-order valence-electron chi connectivity index (χ1n) is 6.04. The van der Waals surface area contributed by atoms with Gasteiger partial charge in [-0.2, -0.15) is 0 Å². The van der Waals surface area contributed by atoms with E-state index in [0.717, 1.165) is 31.3 Å². The summed E-state index contributed by atoms with van der Waals surface area (Å²) < 4.78 is 0. The van der Waals surface area contributed by atoms with Gasteiger partial charge >= 0.3 is 5.97 Å². The van der Waals surface area contributed by atoms with E-state index in [1.807, 2.05) is 0 Å². The van der Waals surface area contributed by atoms with Gasteiger partial charge in [-0.3, -0.25) is 9.69 Å². The largest absolute Gasteiger partial charge is 0.481 e. The molecule has 2 rings (SSSR count). The third-order valence-electron chi connectivity index (χ3n) is 4.18. The Morgan fingerprint density at radius 1 is 1.40 bits per heavy atom. The van der Waals surface area contributed by atoms with Crippen LogP contribution in [0.1, 0.15) is 33.1 Å². The van der Waals surface area contributed by atoms with E-state index < -0.39 is 5.97 Å². The predicted molar refractivity (Wildman–Crippen MR) is 58.7 cm³/mol. The van der Waals surface area contributed by atoms with Crippen molar-refractivity contribution in [2.45, 2.75) is 39.2 Å². The monoisotopic (exact) mass is 211 g/mol. The Balaban J connectivity index is 1.77. The van der Waals surface area contributed by atoms with Gasteiger partial charge in [-0.15, -0.1) is 0 Å². The fourth-order valence-electron chi connectivity index (χ4n) is 2.79. The molecule has 0 radical (unpaired) electrons. The molecule has 0 aromatic carbocycles. The molecule has 1 saturated heterocycles. The van der Waals surface area contributed by atoms with Gasteiger partial charge in [0, 0.05) is 12.6 Å². The second-order valence-electron chi connectivity index (χ2n) is 5.45. The molecule has 1 aliphatic heterocycles. The van der Waals surface area contributed by atoms with Crippen molar-refractivity contribution in [1.82, 2.24) is 4.90 Å². The number of likely N-dealkylation sites (tertiary alicyclic amines) is 1. The van der Waals surface area contributed by atoms with Crippen molar-refractivity contribution in [2.75, 3.05) is 13.1 Å². The fourth-order valence-corrected chi connectivity index (χ4v) is 2.79. The van der Waals surface area contributed by atoms with Crippen LogP contribution in [0.25, 0.3) is 0 Å².